The van der Waals surface area contributed by atoms with Crippen molar-refractivity contribution >= 4 is 10.9 Å². The van der Waals surface area contributed by atoms with Crippen LogP contribution in [0.4, 0.5) is 0 Å². The first-order valence-corrected chi connectivity index (χ1v) is 10.3. The molecular weight excluding hydrogens is 352 g/mol. The molecule has 2 aliphatic rings. The zero-order valence-corrected chi connectivity index (χ0v) is 16.3. The third-order valence-electron chi connectivity index (χ3n) is 6.20. The zero-order chi connectivity index (χ0) is 19.1. The van der Waals surface area contributed by atoms with Crippen LogP contribution in [0.5, 0.6) is 0 Å². The van der Waals surface area contributed by atoms with Crippen LogP contribution < -0.4 is 5.56 Å². The van der Waals surface area contributed by atoms with Gasteiger partial charge in [-0.2, -0.15) is 15.0 Å². The summed E-state index contributed by atoms with van der Waals surface area (Å²) in [6.07, 6.45) is 8.49. The first kappa shape index (κ1) is 17.6. The number of para-hydroxylation sites is 1. The fourth-order valence-electron chi connectivity index (χ4n) is 4.89. The minimum Gasteiger partial charge on any atom is -0.292 e. The number of rotatable bonds is 4. The van der Waals surface area contributed by atoms with E-state index in [1.54, 1.807) is 4.80 Å². The van der Waals surface area contributed by atoms with Gasteiger partial charge in [0.05, 0.1) is 28.8 Å². The number of hydrogen-bond donors (Lipinski definition) is 0. The Morgan fingerprint density at radius 1 is 1.11 bits per heavy atom. The van der Waals surface area contributed by atoms with Gasteiger partial charge in [0.25, 0.3) is 5.56 Å². The van der Waals surface area contributed by atoms with Gasteiger partial charge in [-0.15, -0.1) is 0 Å². The summed E-state index contributed by atoms with van der Waals surface area (Å²) in [6, 6.07) is 8.19. The number of likely N-dealkylation sites (tertiary alicyclic amines) is 1. The van der Waals surface area contributed by atoms with Crippen molar-refractivity contribution in [3.63, 3.8) is 0 Å². The van der Waals surface area contributed by atoms with Crippen molar-refractivity contribution < 1.29 is 0 Å². The number of hydrogen-bond acceptors (Lipinski definition) is 5. The Bertz CT molecular complexity index is 1050. The van der Waals surface area contributed by atoms with Gasteiger partial charge in [-0.3, -0.25) is 14.3 Å². The Morgan fingerprint density at radius 2 is 1.93 bits per heavy atom. The van der Waals surface area contributed by atoms with Crippen molar-refractivity contribution in [3.8, 4) is 0 Å². The highest BCUT2D eigenvalue weighted by Crippen LogP contribution is 2.36. The molecule has 3 aromatic rings. The summed E-state index contributed by atoms with van der Waals surface area (Å²) in [5.74, 6) is 0.942. The van der Waals surface area contributed by atoms with Gasteiger partial charge >= 0.3 is 0 Å². The number of aryl methyl sites for hydroxylation is 1. The topological polar surface area (TPSA) is 68.8 Å². The molecule has 146 valence electrons. The zero-order valence-electron chi connectivity index (χ0n) is 16.3. The molecule has 2 aromatic heterocycles. The van der Waals surface area contributed by atoms with Crippen LogP contribution in [0.1, 0.15) is 62.1 Å². The summed E-state index contributed by atoms with van der Waals surface area (Å²) in [5.41, 5.74) is 1.90. The lowest BCUT2D eigenvalue weighted by molar-refractivity contribution is 0.226. The molecule has 1 aliphatic carbocycles. The molecule has 1 atom stereocenters. The van der Waals surface area contributed by atoms with E-state index in [1.165, 1.54) is 12.8 Å². The van der Waals surface area contributed by atoms with Gasteiger partial charge in [0.1, 0.15) is 5.82 Å². The van der Waals surface area contributed by atoms with Crippen LogP contribution in [0.15, 0.2) is 35.3 Å². The molecule has 7 nitrogen and oxygen atoms in total. The van der Waals surface area contributed by atoms with E-state index < -0.39 is 0 Å². The first-order valence-electron chi connectivity index (χ1n) is 10.3. The average molecular weight is 378 g/mol. The fraction of sp³-hybridized carbons (Fsp3) is 0.524. The lowest BCUT2D eigenvalue weighted by Crippen LogP contribution is -2.33. The predicted molar refractivity (Wildman–Crippen MR) is 107 cm³/mol. The van der Waals surface area contributed by atoms with Gasteiger partial charge in [-0.05, 0) is 44.4 Å². The van der Waals surface area contributed by atoms with Crippen LogP contribution in [0, 0.1) is 0 Å². The lowest BCUT2D eigenvalue weighted by atomic mass is 10.1. The quantitative estimate of drug-likeness (QED) is 0.698. The second-order valence-electron chi connectivity index (χ2n) is 8.05. The largest absolute Gasteiger partial charge is 0.292 e. The van der Waals surface area contributed by atoms with Gasteiger partial charge in [-0.25, -0.2) is 4.98 Å². The standard InChI is InChI=1S/C21H26N6O/c1-25-22-13-15(24-25)14-26-12-6-11-19(26)20-23-18-10-5-4-9-17(18)21(28)27(20)16-7-2-3-8-16/h4-5,9-10,13,16,19H,2-3,6-8,11-12,14H2,1H3. The highest BCUT2D eigenvalue weighted by atomic mass is 16.1. The molecule has 3 heterocycles. The third kappa shape index (κ3) is 3.03. The van der Waals surface area contributed by atoms with Gasteiger partial charge < -0.3 is 0 Å². The van der Waals surface area contributed by atoms with Gasteiger partial charge in [-0.1, -0.05) is 25.0 Å². The fourth-order valence-corrected chi connectivity index (χ4v) is 4.89. The number of benzene rings is 1. The maximum absolute atomic E-state index is 13.4. The summed E-state index contributed by atoms with van der Waals surface area (Å²) >= 11 is 0. The Labute approximate surface area is 164 Å². The van der Waals surface area contributed by atoms with E-state index in [1.807, 2.05) is 42.1 Å². The SMILES string of the molecule is Cn1ncc(CN2CCCC2c2nc3ccccc3c(=O)n2C2CCCC2)n1. The highest BCUT2D eigenvalue weighted by molar-refractivity contribution is 5.77. The first-order chi connectivity index (χ1) is 13.7. The molecule has 0 N–H and O–H groups in total. The molecule has 1 aliphatic heterocycles. The van der Waals surface area contributed by atoms with Gasteiger partial charge in [0.15, 0.2) is 0 Å². The molecule has 0 radical (unpaired) electrons. The Morgan fingerprint density at radius 3 is 2.71 bits per heavy atom. The molecule has 0 bridgehead atoms. The molecule has 0 amide bonds. The number of aromatic nitrogens is 5. The summed E-state index contributed by atoms with van der Waals surface area (Å²) < 4.78 is 2.04. The van der Waals surface area contributed by atoms with E-state index in [4.69, 9.17) is 4.98 Å². The summed E-state index contributed by atoms with van der Waals surface area (Å²) in [4.78, 5) is 22.5. The monoisotopic (exact) mass is 378 g/mol. The van der Waals surface area contributed by atoms with Crippen LogP contribution in [0.2, 0.25) is 0 Å². The Kier molecular flexibility index (Phi) is 4.47. The minimum absolute atomic E-state index is 0.124. The van der Waals surface area contributed by atoms with Crippen molar-refractivity contribution in [2.24, 2.45) is 7.05 Å². The molecule has 1 saturated carbocycles. The Hall–Kier alpha value is -2.54. The molecule has 1 aromatic carbocycles. The molecule has 0 spiro atoms. The van der Waals surface area contributed by atoms with E-state index in [2.05, 4.69) is 15.1 Å². The summed E-state index contributed by atoms with van der Waals surface area (Å²) in [7, 11) is 1.84. The van der Waals surface area contributed by atoms with E-state index in [9.17, 15) is 4.79 Å². The minimum atomic E-state index is 0.124. The molecule has 7 heteroatoms. The second kappa shape index (κ2) is 7.13. The van der Waals surface area contributed by atoms with Crippen LogP contribution in [0.3, 0.4) is 0 Å². The van der Waals surface area contributed by atoms with Crippen LogP contribution in [0.25, 0.3) is 10.9 Å². The van der Waals surface area contributed by atoms with Gasteiger partial charge in [0.2, 0.25) is 0 Å². The van der Waals surface area contributed by atoms with E-state index in [0.717, 1.165) is 61.2 Å². The molecule has 5 rings (SSSR count). The highest BCUT2D eigenvalue weighted by Gasteiger charge is 2.33. The van der Waals surface area contributed by atoms with Crippen molar-refractivity contribution in [2.45, 2.75) is 57.2 Å². The molecular formula is C21H26N6O. The smallest absolute Gasteiger partial charge is 0.261 e. The summed E-state index contributed by atoms with van der Waals surface area (Å²) in [6.45, 7) is 1.74. The van der Waals surface area contributed by atoms with Crippen LogP contribution in [-0.2, 0) is 13.6 Å². The normalized spacial score (nSPS) is 21.1. The predicted octanol–water partition coefficient (Wildman–Crippen LogP) is 2.98. The van der Waals surface area contributed by atoms with Crippen LogP contribution >= 0.6 is 0 Å². The maximum atomic E-state index is 13.4. The molecule has 1 saturated heterocycles. The molecule has 28 heavy (non-hydrogen) atoms. The maximum Gasteiger partial charge on any atom is 0.261 e. The van der Waals surface area contributed by atoms with Crippen LogP contribution in [-0.4, -0.2) is 36.0 Å². The Balaban J connectivity index is 1.60. The lowest BCUT2D eigenvalue weighted by Gasteiger charge is -2.28. The number of nitrogens with zero attached hydrogens (tertiary/aromatic N) is 6. The number of fused-ring (bicyclic) bond motifs is 1. The molecule has 1 unspecified atom stereocenters. The second-order valence-corrected chi connectivity index (χ2v) is 8.05. The van der Waals surface area contributed by atoms with Crippen molar-refractivity contribution in [3.05, 3.63) is 52.3 Å². The van der Waals surface area contributed by atoms with Crippen molar-refractivity contribution in [1.29, 1.82) is 0 Å². The third-order valence-corrected chi connectivity index (χ3v) is 6.20. The van der Waals surface area contributed by atoms with E-state index >= 15 is 0 Å². The van der Waals surface area contributed by atoms with Gasteiger partial charge in [0, 0.05) is 19.6 Å². The van der Waals surface area contributed by atoms with Crippen molar-refractivity contribution in [1.82, 2.24) is 29.4 Å². The summed E-state index contributed by atoms with van der Waals surface area (Å²) in [5, 5.41) is 9.38. The van der Waals surface area contributed by atoms with E-state index in [0.29, 0.717) is 0 Å². The molecule has 2 fully saturated rings. The average Bonchev–Trinajstić information content (AvgIpc) is 3.45. The van der Waals surface area contributed by atoms with Crippen molar-refractivity contribution in [2.75, 3.05) is 6.54 Å². The van der Waals surface area contributed by atoms with E-state index in [-0.39, 0.29) is 17.6 Å².